The highest BCUT2D eigenvalue weighted by molar-refractivity contribution is 5.85. The average molecular weight is 444 g/mol. The van der Waals surface area contributed by atoms with Crippen LogP contribution in [0.3, 0.4) is 0 Å². The summed E-state index contributed by atoms with van der Waals surface area (Å²) in [5.41, 5.74) is -0.489. The predicted octanol–water partition coefficient (Wildman–Crippen LogP) is 1.11. The van der Waals surface area contributed by atoms with Crippen molar-refractivity contribution in [1.29, 1.82) is 0 Å². The second kappa shape index (κ2) is 14.9. The molecule has 0 spiro atoms. The minimum absolute atomic E-state index is 0.0904. The highest BCUT2D eigenvalue weighted by Gasteiger charge is 2.22. The molecule has 1 aliphatic heterocycles. The number of likely N-dealkylation sites (tertiary alicyclic amines) is 1. The first-order valence-electron chi connectivity index (χ1n) is 11.1. The predicted molar refractivity (Wildman–Crippen MR) is 120 cm³/mol. The van der Waals surface area contributed by atoms with Gasteiger partial charge in [-0.2, -0.15) is 0 Å². The van der Waals surface area contributed by atoms with E-state index in [1.807, 2.05) is 27.7 Å². The van der Waals surface area contributed by atoms with Gasteiger partial charge in [0.15, 0.2) is 5.96 Å². The molecule has 0 radical (unpaired) electrons. The van der Waals surface area contributed by atoms with Crippen LogP contribution in [0, 0.1) is 0 Å². The molecule has 0 aromatic rings. The molecular formula is C21H41N5O5. The quantitative estimate of drug-likeness (QED) is 0.249. The van der Waals surface area contributed by atoms with Crippen molar-refractivity contribution in [2.24, 2.45) is 4.99 Å². The second-order valence-corrected chi connectivity index (χ2v) is 8.35. The van der Waals surface area contributed by atoms with Gasteiger partial charge >= 0.3 is 6.09 Å². The maximum Gasteiger partial charge on any atom is 0.407 e. The normalized spacial score (nSPS) is 15.5. The van der Waals surface area contributed by atoms with E-state index in [-0.39, 0.29) is 18.6 Å². The van der Waals surface area contributed by atoms with Crippen molar-refractivity contribution in [2.75, 3.05) is 59.6 Å². The van der Waals surface area contributed by atoms with Crippen molar-refractivity contribution in [1.82, 2.24) is 20.9 Å². The van der Waals surface area contributed by atoms with E-state index in [0.29, 0.717) is 26.3 Å². The third-order valence-corrected chi connectivity index (χ3v) is 4.42. The van der Waals surface area contributed by atoms with E-state index < -0.39 is 11.7 Å². The van der Waals surface area contributed by atoms with Crippen molar-refractivity contribution >= 4 is 18.0 Å². The molecule has 1 saturated heterocycles. The molecule has 0 aliphatic carbocycles. The van der Waals surface area contributed by atoms with E-state index >= 15 is 0 Å². The summed E-state index contributed by atoms with van der Waals surface area (Å²) in [4.78, 5) is 30.1. The number of nitrogens with one attached hydrogen (secondary N) is 3. The number of hydrogen-bond acceptors (Lipinski definition) is 6. The van der Waals surface area contributed by atoms with E-state index in [9.17, 15) is 9.59 Å². The molecule has 31 heavy (non-hydrogen) atoms. The maximum absolute atomic E-state index is 11.9. The molecule has 1 rings (SSSR count). The van der Waals surface area contributed by atoms with Crippen LogP contribution in [0.4, 0.5) is 4.79 Å². The zero-order chi connectivity index (χ0) is 23.1. The van der Waals surface area contributed by atoms with Gasteiger partial charge in [-0.05, 0) is 47.0 Å². The van der Waals surface area contributed by atoms with Crippen molar-refractivity contribution in [3.05, 3.63) is 0 Å². The first-order chi connectivity index (χ1) is 14.7. The SMILES string of the molecule is CCNC(=NCC(=O)NCCOC)N1CCC(OCCCNC(=O)OC(C)(C)C)CC1. The summed E-state index contributed by atoms with van der Waals surface area (Å²) in [6.45, 7) is 12.1. The highest BCUT2D eigenvalue weighted by Crippen LogP contribution is 2.14. The molecule has 2 amide bonds. The molecule has 1 heterocycles. The van der Waals surface area contributed by atoms with Crippen molar-refractivity contribution < 1.29 is 23.8 Å². The lowest BCUT2D eigenvalue weighted by Crippen LogP contribution is -2.47. The number of aliphatic imine (C=N–C) groups is 1. The number of carbonyl (C=O) groups is 2. The number of alkyl carbamates (subject to hydrolysis) is 1. The zero-order valence-corrected chi connectivity index (χ0v) is 19.8. The van der Waals surface area contributed by atoms with Gasteiger partial charge in [-0.3, -0.25) is 4.79 Å². The average Bonchev–Trinajstić information content (AvgIpc) is 2.70. The number of carbonyl (C=O) groups excluding carboxylic acids is 2. The molecule has 1 aliphatic rings. The minimum Gasteiger partial charge on any atom is -0.444 e. The van der Waals surface area contributed by atoms with Gasteiger partial charge in [-0.25, -0.2) is 9.79 Å². The smallest absolute Gasteiger partial charge is 0.407 e. The van der Waals surface area contributed by atoms with E-state index in [1.54, 1.807) is 7.11 Å². The lowest BCUT2D eigenvalue weighted by molar-refractivity contribution is -0.119. The van der Waals surface area contributed by atoms with Crippen molar-refractivity contribution in [3.8, 4) is 0 Å². The van der Waals surface area contributed by atoms with Crippen LogP contribution in [-0.4, -0.2) is 94.2 Å². The maximum atomic E-state index is 11.9. The van der Waals surface area contributed by atoms with E-state index in [0.717, 1.165) is 44.9 Å². The Balaban J connectivity index is 2.27. The molecule has 0 aromatic heterocycles. The van der Waals surface area contributed by atoms with Crippen molar-refractivity contribution in [2.45, 2.75) is 58.7 Å². The molecule has 1 fully saturated rings. The highest BCUT2D eigenvalue weighted by atomic mass is 16.6. The van der Waals surface area contributed by atoms with Gasteiger partial charge < -0.3 is 35.1 Å². The van der Waals surface area contributed by atoms with Crippen LogP contribution in [-0.2, 0) is 19.0 Å². The fourth-order valence-electron chi connectivity index (χ4n) is 2.98. The van der Waals surface area contributed by atoms with E-state index in [4.69, 9.17) is 14.2 Å². The van der Waals surface area contributed by atoms with E-state index in [2.05, 4.69) is 25.8 Å². The van der Waals surface area contributed by atoms with Gasteiger partial charge in [-0.15, -0.1) is 0 Å². The number of piperidine rings is 1. The van der Waals surface area contributed by atoms with E-state index in [1.165, 1.54) is 0 Å². The molecule has 0 saturated carbocycles. The van der Waals surface area contributed by atoms with Gasteiger partial charge in [0.25, 0.3) is 0 Å². The van der Waals surface area contributed by atoms with Crippen LogP contribution in [0.25, 0.3) is 0 Å². The van der Waals surface area contributed by atoms with Gasteiger partial charge in [0, 0.05) is 46.4 Å². The first-order valence-corrected chi connectivity index (χ1v) is 11.1. The summed E-state index contributed by atoms with van der Waals surface area (Å²) in [5.74, 6) is 0.634. The van der Waals surface area contributed by atoms with Crippen molar-refractivity contribution in [3.63, 3.8) is 0 Å². The standard InChI is InChI=1S/C21H41N5O5/c1-6-22-19(25-16-18(27)23-11-15-29-5)26-12-8-17(9-13-26)30-14-7-10-24-20(28)31-21(2,3)4/h17H,6-16H2,1-5H3,(H,22,25)(H,23,27)(H,24,28). The topological polar surface area (TPSA) is 114 Å². The van der Waals surface area contributed by atoms with Crippen LogP contribution in [0.5, 0.6) is 0 Å². The fraction of sp³-hybridized carbons (Fsp3) is 0.857. The lowest BCUT2D eigenvalue weighted by Gasteiger charge is -2.34. The summed E-state index contributed by atoms with van der Waals surface area (Å²) in [6, 6.07) is 0. The third-order valence-electron chi connectivity index (χ3n) is 4.42. The molecule has 0 atom stereocenters. The Morgan fingerprint density at radius 1 is 1.06 bits per heavy atom. The second-order valence-electron chi connectivity index (χ2n) is 8.35. The largest absolute Gasteiger partial charge is 0.444 e. The van der Waals surface area contributed by atoms with Gasteiger partial charge in [0.2, 0.25) is 5.91 Å². The molecular weight excluding hydrogens is 402 g/mol. The molecule has 0 unspecified atom stereocenters. The summed E-state index contributed by atoms with van der Waals surface area (Å²) < 4.78 is 16.1. The van der Waals surface area contributed by atoms with Gasteiger partial charge in [0.1, 0.15) is 12.1 Å². The molecule has 10 heteroatoms. The Morgan fingerprint density at radius 2 is 1.77 bits per heavy atom. The molecule has 180 valence electrons. The summed E-state index contributed by atoms with van der Waals surface area (Å²) in [6.07, 6.45) is 2.32. The number of rotatable bonds is 11. The number of methoxy groups -OCH3 is 1. The Kier molecular flexibility index (Phi) is 12.9. The Labute approximate surface area is 186 Å². The lowest BCUT2D eigenvalue weighted by atomic mass is 10.1. The summed E-state index contributed by atoms with van der Waals surface area (Å²) in [7, 11) is 1.60. The molecule has 10 nitrogen and oxygen atoms in total. The van der Waals surface area contributed by atoms with Crippen LogP contribution in [0.2, 0.25) is 0 Å². The Hall–Kier alpha value is -2.07. The number of hydrogen-bond donors (Lipinski definition) is 3. The molecule has 3 N–H and O–H groups in total. The number of amides is 2. The monoisotopic (exact) mass is 443 g/mol. The van der Waals surface area contributed by atoms with Crippen LogP contribution in [0.15, 0.2) is 4.99 Å². The fourth-order valence-corrected chi connectivity index (χ4v) is 2.98. The molecule has 0 aromatic carbocycles. The minimum atomic E-state index is -0.489. The molecule has 0 bridgehead atoms. The zero-order valence-electron chi connectivity index (χ0n) is 19.8. The number of guanidine groups is 1. The Morgan fingerprint density at radius 3 is 2.39 bits per heavy atom. The van der Waals surface area contributed by atoms with Gasteiger partial charge in [-0.1, -0.05) is 0 Å². The third kappa shape index (κ3) is 13.1. The Bertz CT molecular complexity index is 557. The van der Waals surface area contributed by atoms with Crippen LogP contribution in [0.1, 0.15) is 47.0 Å². The number of ether oxygens (including phenoxy) is 3. The summed E-state index contributed by atoms with van der Waals surface area (Å²) >= 11 is 0. The van der Waals surface area contributed by atoms with Crippen LogP contribution >= 0.6 is 0 Å². The van der Waals surface area contributed by atoms with Gasteiger partial charge in [0.05, 0.1) is 12.7 Å². The number of nitrogens with zero attached hydrogens (tertiary/aromatic N) is 2. The first kappa shape index (κ1) is 27.0. The van der Waals surface area contributed by atoms with Crippen LogP contribution < -0.4 is 16.0 Å². The summed E-state index contributed by atoms with van der Waals surface area (Å²) in [5, 5.41) is 8.76.